The number of benzene rings is 3. The number of carboxylic acids is 1. The molecule has 0 atom stereocenters. The van der Waals surface area contributed by atoms with Crippen LogP contribution in [0.1, 0.15) is 31.8 Å². The third-order valence-electron chi connectivity index (χ3n) is 6.19. The van der Waals surface area contributed by atoms with E-state index < -0.39 is 41.0 Å². The van der Waals surface area contributed by atoms with Gasteiger partial charge in [0, 0.05) is 41.9 Å². The van der Waals surface area contributed by atoms with Crippen molar-refractivity contribution < 1.29 is 41.0 Å². The fraction of sp³-hybridized carbons (Fsp3) is 0.231. The highest BCUT2D eigenvalue weighted by Gasteiger charge is 2.39. The highest BCUT2D eigenvalue weighted by Crippen LogP contribution is 2.41. The first-order chi connectivity index (χ1) is 18.2. The van der Waals surface area contributed by atoms with Gasteiger partial charge >= 0.3 is 18.3 Å². The molecule has 0 bridgehead atoms. The second-order valence-electron chi connectivity index (χ2n) is 8.70. The minimum atomic E-state index is -4.85. The third kappa shape index (κ3) is 6.47. The fourth-order valence-corrected chi connectivity index (χ4v) is 4.50. The summed E-state index contributed by atoms with van der Waals surface area (Å²) in [4.78, 5) is 27.3. The Labute approximate surface area is 227 Å². The van der Waals surface area contributed by atoms with E-state index in [0.29, 0.717) is 29.4 Å². The maximum atomic E-state index is 13.6. The van der Waals surface area contributed by atoms with E-state index in [1.165, 1.54) is 23.1 Å². The Hall–Kier alpha value is -3.74. The number of hydrogen-bond acceptors (Lipinski definition) is 4. The van der Waals surface area contributed by atoms with Crippen LogP contribution in [0.15, 0.2) is 65.1 Å². The molecule has 13 heteroatoms. The van der Waals surface area contributed by atoms with Gasteiger partial charge in [-0.05, 0) is 60.7 Å². The zero-order chi connectivity index (χ0) is 28.5. The highest BCUT2D eigenvalue weighted by molar-refractivity contribution is 9.10. The van der Waals surface area contributed by atoms with E-state index in [-0.39, 0.29) is 37.4 Å². The van der Waals surface area contributed by atoms with E-state index in [1.54, 1.807) is 29.2 Å². The van der Waals surface area contributed by atoms with Gasteiger partial charge in [0.15, 0.2) is 0 Å². The van der Waals surface area contributed by atoms with Gasteiger partial charge in [-0.25, -0.2) is 4.79 Å². The van der Waals surface area contributed by atoms with Crippen LogP contribution in [0.2, 0.25) is 0 Å². The number of rotatable bonds is 5. The van der Waals surface area contributed by atoms with Crippen LogP contribution >= 0.6 is 15.9 Å². The third-order valence-corrected chi connectivity index (χ3v) is 6.72. The van der Waals surface area contributed by atoms with Crippen LogP contribution < -0.4 is 15.1 Å². The topological polar surface area (TPSA) is 72.9 Å². The summed E-state index contributed by atoms with van der Waals surface area (Å²) in [6, 6.07) is 11.9. The zero-order valence-electron chi connectivity index (χ0n) is 19.9. The average Bonchev–Trinajstić information content (AvgIpc) is 2.87. The Balaban J connectivity index is 1.60. The van der Waals surface area contributed by atoms with Gasteiger partial charge in [-0.1, -0.05) is 15.9 Å². The predicted molar refractivity (Wildman–Crippen MR) is 136 cm³/mol. The number of halogens is 7. The number of alkyl halides is 6. The highest BCUT2D eigenvalue weighted by atomic mass is 79.9. The normalized spacial score (nSPS) is 14.3. The molecule has 1 fully saturated rings. The first kappa shape index (κ1) is 28.3. The first-order valence-corrected chi connectivity index (χ1v) is 12.3. The van der Waals surface area contributed by atoms with Crippen molar-refractivity contribution in [2.75, 3.05) is 41.3 Å². The van der Waals surface area contributed by atoms with E-state index in [0.717, 1.165) is 4.47 Å². The van der Waals surface area contributed by atoms with Crippen molar-refractivity contribution in [1.29, 1.82) is 0 Å². The summed E-state index contributed by atoms with van der Waals surface area (Å²) in [6.45, 7) is 0.0958. The van der Waals surface area contributed by atoms with Crippen molar-refractivity contribution in [3.05, 3.63) is 87.4 Å². The Morgan fingerprint density at radius 2 is 1.31 bits per heavy atom. The lowest BCUT2D eigenvalue weighted by atomic mass is 10.1. The van der Waals surface area contributed by atoms with Gasteiger partial charge in [0.2, 0.25) is 0 Å². The molecule has 1 heterocycles. The standard InChI is InChI=1S/C26H20BrF6N3O3/c27-18-5-1-15(2-6-18)23(37)34-20-13-16(24(38)39)3-8-21(20)35-9-11-36(12-10-35)22-14-17(25(28,29)30)4-7-19(22)26(31,32)33/h1-8,13-14H,9-12H2,(H,34,37)(H,38,39). The van der Waals surface area contributed by atoms with Crippen molar-refractivity contribution in [2.45, 2.75) is 12.4 Å². The van der Waals surface area contributed by atoms with Crippen molar-refractivity contribution in [1.82, 2.24) is 0 Å². The number of nitrogens with zero attached hydrogens (tertiary/aromatic N) is 2. The van der Waals surface area contributed by atoms with Gasteiger partial charge < -0.3 is 20.2 Å². The molecule has 1 amide bonds. The Morgan fingerprint density at radius 3 is 1.85 bits per heavy atom. The molecule has 2 N–H and O–H groups in total. The molecule has 0 aromatic heterocycles. The van der Waals surface area contributed by atoms with Crippen molar-refractivity contribution in [3.63, 3.8) is 0 Å². The van der Waals surface area contributed by atoms with Crippen LogP contribution in [0, 0.1) is 0 Å². The van der Waals surface area contributed by atoms with Crippen LogP contribution in [0.5, 0.6) is 0 Å². The Morgan fingerprint density at radius 1 is 0.744 bits per heavy atom. The van der Waals surface area contributed by atoms with E-state index in [9.17, 15) is 41.0 Å². The number of carbonyl (C=O) groups is 2. The van der Waals surface area contributed by atoms with Crippen molar-refractivity contribution in [2.24, 2.45) is 0 Å². The molecule has 0 spiro atoms. The lowest BCUT2D eigenvalue weighted by molar-refractivity contribution is -0.141. The maximum absolute atomic E-state index is 13.6. The van der Waals surface area contributed by atoms with Gasteiger partial charge in [-0.3, -0.25) is 4.79 Å². The monoisotopic (exact) mass is 615 g/mol. The van der Waals surface area contributed by atoms with Crippen LogP contribution in [0.4, 0.5) is 43.4 Å². The van der Waals surface area contributed by atoms with Gasteiger partial charge in [0.1, 0.15) is 0 Å². The summed E-state index contributed by atoms with van der Waals surface area (Å²) in [5, 5.41) is 12.1. The molecule has 4 rings (SSSR count). The van der Waals surface area contributed by atoms with Crippen LogP contribution in [0.3, 0.4) is 0 Å². The summed E-state index contributed by atoms with van der Waals surface area (Å²) in [7, 11) is 0. The average molecular weight is 616 g/mol. The lowest BCUT2D eigenvalue weighted by Gasteiger charge is -2.39. The second kappa shape index (κ2) is 10.8. The maximum Gasteiger partial charge on any atom is 0.418 e. The van der Waals surface area contributed by atoms with Crippen LogP contribution in [-0.2, 0) is 12.4 Å². The van der Waals surface area contributed by atoms with Gasteiger partial charge in [-0.2, -0.15) is 26.3 Å². The first-order valence-electron chi connectivity index (χ1n) is 11.5. The quantitative estimate of drug-likeness (QED) is 0.310. The molecule has 1 saturated heterocycles. The minimum Gasteiger partial charge on any atom is -0.478 e. The molecule has 206 valence electrons. The number of nitrogens with one attached hydrogen (secondary N) is 1. The van der Waals surface area contributed by atoms with Crippen molar-refractivity contribution in [3.8, 4) is 0 Å². The van der Waals surface area contributed by atoms with Crippen LogP contribution in [-0.4, -0.2) is 43.2 Å². The molecule has 1 aliphatic rings. The molecule has 0 saturated carbocycles. The zero-order valence-corrected chi connectivity index (χ0v) is 21.5. The minimum absolute atomic E-state index is 0.0504. The molecule has 1 aliphatic heterocycles. The summed E-state index contributed by atoms with van der Waals surface area (Å²) in [5.74, 6) is -1.74. The van der Waals surface area contributed by atoms with Gasteiger partial charge in [-0.15, -0.1) is 0 Å². The Bertz CT molecular complexity index is 1390. The summed E-state index contributed by atoms with van der Waals surface area (Å²) in [5.41, 5.74) is -2.12. The number of piperazine rings is 1. The molecule has 0 unspecified atom stereocenters. The van der Waals surface area contributed by atoms with Crippen LogP contribution in [0.25, 0.3) is 0 Å². The lowest BCUT2D eigenvalue weighted by Crippen LogP contribution is -2.47. The summed E-state index contributed by atoms with van der Waals surface area (Å²) < 4.78 is 81.3. The number of carbonyl (C=O) groups excluding carboxylic acids is 1. The molecular formula is C26H20BrF6N3O3. The second-order valence-corrected chi connectivity index (χ2v) is 9.62. The number of amides is 1. The number of anilines is 3. The van der Waals surface area contributed by atoms with E-state index >= 15 is 0 Å². The van der Waals surface area contributed by atoms with Gasteiger partial charge in [0.05, 0.1) is 28.1 Å². The van der Waals surface area contributed by atoms with E-state index in [1.807, 2.05) is 0 Å². The summed E-state index contributed by atoms with van der Waals surface area (Å²) in [6.07, 6.45) is -9.66. The largest absolute Gasteiger partial charge is 0.478 e. The molecule has 39 heavy (non-hydrogen) atoms. The van der Waals surface area contributed by atoms with Crippen molar-refractivity contribution >= 4 is 44.9 Å². The summed E-state index contributed by atoms with van der Waals surface area (Å²) >= 11 is 3.28. The fourth-order valence-electron chi connectivity index (χ4n) is 4.24. The molecule has 0 radical (unpaired) electrons. The van der Waals surface area contributed by atoms with E-state index in [4.69, 9.17) is 0 Å². The Kier molecular flexibility index (Phi) is 7.82. The molecular weight excluding hydrogens is 596 g/mol. The SMILES string of the molecule is O=C(O)c1ccc(N2CCN(c3cc(C(F)(F)F)ccc3C(F)(F)F)CC2)c(NC(=O)c2ccc(Br)cc2)c1. The molecule has 3 aromatic carbocycles. The van der Waals surface area contributed by atoms with E-state index in [2.05, 4.69) is 21.2 Å². The van der Waals surface area contributed by atoms with Gasteiger partial charge in [0.25, 0.3) is 5.91 Å². The molecule has 3 aromatic rings. The predicted octanol–water partition coefficient (Wildman–Crippen LogP) is 6.76. The number of hydrogen-bond donors (Lipinski definition) is 2. The number of carboxylic acid groups (broad SMARTS) is 1. The molecule has 0 aliphatic carbocycles. The molecule has 6 nitrogen and oxygen atoms in total. The smallest absolute Gasteiger partial charge is 0.418 e. The number of aromatic carboxylic acids is 1.